The zero-order chi connectivity index (χ0) is 13.0. The molecule has 1 aromatic carbocycles. The Labute approximate surface area is 98.5 Å². The number of carbonyl (C=O) groups is 1. The predicted molar refractivity (Wildman–Crippen MR) is 62.6 cm³/mol. The summed E-state index contributed by atoms with van der Waals surface area (Å²) in [6.45, 7) is 4.04. The summed E-state index contributed by atoms with van der Waals surface area (Å²) in [7, 11) is 0. The summed E-state index contributed by atoms with van der Waals surface area (Å²) in [5.74, 6) is -0.446. The lowest BCUT2D eigenvalue weighted by Gasteiger charge is -2.08. The zero-order valence-electron chi connectivity index (χ0n) is 9.67. The number of nitrogens with zero attached hydrogens (tertiary/aromatic N) is 1. The van der Waals surface area contributed by atoms with Crippen molar-refractivity contribution in [2.24, 2.45) is 5.92 Å². The lowest BCUT2D eigenvalue weighted by Crippen LogP contribution is -2.12. The van der Waals surface area contributed by atoms with Gasteiger partial charge in [-0.25, -0.2) is 4.79 Å². The molecule has 0 aliphatic carbocycles. The van der Waals surface area contributed by atoms with Crippen molar-refractivity contribution in [1.29, 1.82) is 0 Å². The number of esters is 1. The Morgan fingerprint density at radius 1 is 1.53 bits per heavy atom. The SMILES string of the molecule is CC(C)COC(=O)c1cc([N+](=O)[O-])ccc1N. The third-order valence-electron chi connectivity index (χ3n) is 2.02. The van der Waals surface area contributed by atoms with Crippen LogP contribution >= 0.6 is 0 Å². The van der Waals surface area contributed by atoms with Crippen LogP contribution in [0, 0.1) is 16.0 Å². The van der Waals surface area contributed by atoms with Gasteiger partial charge in [0.05, 0.1) is 17.1 Å². The topological polar surface area (TPSA) is 95.5 Å². The van der Waals surface area contributed by atoms with E-state index in [0.29, 0.717) is 0 Å². The van der Waals surface area contributed by atoms with Crippen molar-refractivity contribution in [3.63, 3.8) is 0 Å². The fraction of sp³-hybridized carbons (Fsp3) is 0.364. The molecule has 0 aliphatic rings. The van der Waals surface area contributed by atoms with Crippen LogP contribution in [-0.2, 0) is 4.74 Å². The molecule has 1 aromatic rings. The largest absolute Gasteiger partial charge is 0.462 e. The number of nitro benzene ring substituents is 1. The smallest absolute Gasteiger partial charge is 0.340 e. The molecule has 0 fully saturated rings. The van der Waals surface area contributed by atoms with Crippen molar-refractivity contribution in [3.8, 4) is 0 Å². The van der Waals surface area contributed by atoms with Gasteiger partial charge in [0.15, 0.2) is 0 Å². The maximum atomic E-state index is 11.6. The standard InChI is InChI=1S/C11H14N2O4/c1-7(2)6-17-11(14)9-5-8(13(15)16)3-4-10(9)12/h3-5,7H,6,12H2,1-2H3. The third kappa shape index (κ3) is 3.44. The van der Waals surface area contributed by atoms with Crippen LogP contribution in [0.5, 0.6) is 0 Å². The molecule has 0 amide bonds. The molecule has 0 unspecified atom stereocenters. The van der Waals surface area contributed by atoms with Crippen LogP contribution in [0.15, 0.2) is 18.2 Å². The lowest BCUT2D eigenvalue weighted by atomic mass is 10.1. The highest BCUT2D eigenvalue weighted by atomic mass is 16.6. The highest BCUT2D eigenvalue weighted by Gasteiger charge is 2.16. The number of nitrogens with two attached hydrogens (primary N) is 1. The van der Waals surface area contributed by atoms with Crippen LogP contribution in [0.1, 0.15) is 24.2 Å². The van der Waals surface area contributed by atoms with Crippen LogP contribution < -0.4 is 5.73 Å². The van der Waals surface area contributed by atoms with E-state index in [2.05, 4.69) is 0 Å². The Balaban J connectivity index is 2.92. The van der Waals surface area contributed by atoms with Crippen molar-refractivity contribution in [3.05, 3.63) is 33.9 Å². The number of carbonyl (C=O) groups excluding carboxylic acids is 1. The molecule has 0 heterocycles. The van der Waals surface area contributed by atoms with Gasteiger partial charge in [0.1, 0.15) is 0 Å². The average Bonchev–Trinajstić information content (AvgIpc) is 2.26. The van der Waals surface area contributed by atoms with Crippen molar-refractivity contribution in [1.82, 2.24) is 0 Å². The van der Waals surface area contributed by atoms with Gasteiger partial charge in [0.25, 0.3) is 5.69 Å². The normalized spacial score (nSPS) is 10.3. The molecule has 17 heavy (non-hydrogen) atoms. The van der Waals surface area contributed by atoms with E-state index in [1.54, 1.807) is 0 Å². The summed E-state index contributed by atoms with van der Waals surface area (Å²) in [5.41, 5.74) is 5.59. The Bertz CT molecular complexity index is 443. The number of hydrogen-bond donors (Lipinski definition) is 1. The predicted octanol–water partition coefficient (Wildman–Crippen LogP) is 1.99. The molecule has 0 aliphatic heterocycles. The highest BCUT2D eigenvalue weighted by Crippen LogP contribution is 2.20. The van der Waals surface area contributed by atoms with E-state index < -0.39 is 10.9 Å². The number of rotatable bonds is 4. The number of hydrogen-bond acceptors (Lipinski definition) is 5. The van der Waals surface area contributed by atoms with Gasteiger partial charge in [-0.1, -0.05) is 13.8 Å². The molecule has 6 heteroatoms. The molecule has 0 spiro atoms. The summed E-state index contributed by atoms with van der Waals surface area (Å²) >= 11 is 0. The molecule has 1 rings (SSSR count). The highest BCUT2D eigenvalue weighted by molar-refractivity contribution is 5.95. The zero-order valence-corrected chi connectivity index (χ0v) is 9.67. The quantitative estimate of drug-likeness (QED) is 0.374. The minimum atomic E-state index is -0.639. The lowest BCUT2D eigenvalue weighted by molar-refractivity contribution is -0.384. The summed E-state index contributed by atoms with van der Waals surface area (Å²) in [4.78, 5) is 21.6. The van der Waals surface area contributed by atoms with Gasteiger partial charge in [-0.15, -0.1) is 0 Å². The fourth-order valence-corrected chi connectivity index (χ4v) is 1.15. The second-order valence-corrected chi connectivity index (χ2v) is 4.02. The molecule has 0 radical (unpaired) electrons. The first-order valence-electron chi connectivity index (χ1n) is 5.13. The Hall–Kier alpha value is -2.11. The maximum absolute atomic E-state index is 11.6. The molecule has 0 saturated carbocycles. The number of benzene rings is 1. The Morgan fingerprint density at radius 3 is 2.71 bits per heavy atom. The Morgan fingerprint density at radius 2 is 2.18 bits per heavy atom. The van der Waals surface area contributed by atoms with Crippen LogP contribution in [0.2, 0.25) is 0 Å². The van der Waals surface area contributed by atoms with Crippen LogP contribution in [0.3, 0.4) is 0 Å². The van der Waals surface area contributed by atoms with Crippen LogP contribution in [0.25, 0.3) is 0 Å². The van der Waals surface area contributed by atoms with Gasteiger partial charge in [0, 0.05) is 17.8 Å². The van der Waals surface area contributed by atoms with E-state index in [4.69, 9.17) is 10.5 Å². The van der Waals surface area contributed by atoms with Gasteiger partial charge in [-0.2, -0.15) is 0 Å². The third-order valence-corrected chi connectivity index (χ3v) is 2.02. The van der Waals surface area contributed by atoms with Gasteiger partial charge >= 0.3 is 5.97 Å². The molecule has 0 saturated heterocycles. The fourth-order valence-electron chi connectivity index (χ4n) is 1.15. The second kappa shape index (κ2) is 5.29. The summed E-state index contributed by atoms with van der Waals surface area (Å²) < 4.78 is 4.96. The first kappa shape index (κ1) is 13.0. The van der Waals surface area contributed by atoms with Gasteiger partial charge < -0.3 is 10.5 Å². The van der Waals surface area contributed by atoms with Crippen LogP contribution in [0.4, 0.5) is 11.4 Å². The Kier molecular flexibility index (Phi) is 4.03. The number of nitrogen functional groups attached to an aromatic ring is 1. The van der Waals surface area contributed by atoms with E-state index in [1.165, 1.54) is 12.1 Å². The average molecular weight is 238 g/mol. The van der Waals surface area contributed by atoms with Crippen molar-refractivity contribution < 1.29 is 14.5 Å². The molecule has 6 nitrogen and oxygen atoms in total. The minimum absolute atomic E-state index is 0.0276. The number of nitro groups is 1. The molecule has 2 N–H and O–H groups in total. The number of anilines is 1. The second-order valence-electron chi connectivity index (χ2n) is 4.02. The van der Waals surface area contributed by atoms with Crippen molar-refractivity contribution in [2.75, 3.05) is 12.3 Å². The molecular weight excluding hydrogens is 224 g/mol. The van der Waals surface area contributed by atoms with E-state index in [-0.39, 0.29) is 29.5 Å². The maximum Gasteiger partial charge on any atom is 0.340 e. The summed E-state index contributed by atoms with van der Waals surface area (Å²) in [5, 5.41) is 10.6. The van der Waals surface area contributed by atoms with E-state index in [0.717, 1.165) is 6.07 Å². The van der Waals surface area contributed by atoms with E-state index in [9.17, 15) is 14.9 Å². The molecular formula is C11H14N2O4. The van der Waals surface area contributed by atoms with Gasteiger partial charge in [-0.3, -0.25) is 10.1 Å². The molecule has 0 bridgehead atoms. The van der Waals surface area contributed by atoms with Crippen molar-refractivity contribution in [2.45, 2.75) is 13.8 Å². The molecule has 0 aromatic heterocycles. The van der Waals surface area contributed by atoms with Gasteiger partial charge in [0.2, 0.25) is 0 Å². The van der Waals surface area contributed by atoms with Crippen LogP contribution in [-0.4, -0.2) is 17.5 Å². The minimum Gasteiger partial charge on any atom is -0.462 e. The number of non-ortho nitro benzene ring substituents is 1. The van der Waals surface area contributed by atoms with E-state index in [1.807, 2.05) is 13.8 Å². The van der Waals surface area contributed by atoms with Crippen molar-refractivity contribution >= 4 is 17.3 Å². The molecule has 0 atom stereocenters. The summed E-state index contributed by atoms with van der Waals surface area (Å²) in [6, 6.07) is 3.69. The number of ether oxygens (including phenoxy) is 1. The monoisotopic (exact) mass is 238 g/mol. The van der Waals surface area contributed by atoms with E-state index >= 15 is 0 Å². The van der Waals surface area contributed by atoms with Gasteiger partial charge in [-0.05, 0) is 12.0 Å². The summed E-state index contributed by atoms with van der Waals surface area (Å²) in [6.07, 6.45) is 0. The molecule has 92 valence electrons. The first-order valence-corrected chi connectivity index (χ1v) is 5.13. The first-order chi connectivity index (χ1) is 7.91.